The molecule has 0 saturated heterocycles. The highest BCUT2D eigenvalue weighted by molar-refractivity contribution is 7.90. The van der Waals surface area contributed by atoms with Crippen LogP contribution in [0.2, 0.25) is 0 Å². The predicted molar refractivity (Wildman–Crippen MR) is 59.0 cm³/mol. The van der Waals surface area contributed by atoms with Gasteiger partial charge in [-0.15, -0.1) is 6.42 Å². The summed E-state index contributed by atoms with van der Waals surface area (Å²) in [5.41, 5.74) is 0. The molecule has 0 atom stereocenters. The molecule has 84 valence electrons. The molecule has 0 aliphatic carbocycles. The number of hydrogen-bond donors (Lipinski definition) is 2. The second-order valence-electron chi connectivity index (χ2n) is 2.81. The van der Waals surface area contributed by atoms with E-state index in [2.05, 4.69) is 11.2 Å². The number of amides is 2. The van der Waals surface area contributed by atoms with Crippen molar-refractivity contribution in [2.45, 2.75) is 4.90 Å². The molecule has 0 fully saturated rings. The van der Waals surface area contributed by atoms with Crippen molar-refractivity contribution in [1.29, 1.82) is 0 Å². The lowest BCUT2D eigenvalue weighted by molar-refractivity contribution is 0.247. The smallest absolute Gasteiger partial charge is 0.326 e. The Morgan fingerprint density at radius 1 is 1.31 bits per heavy atom. The number of terminal acetylenes is 1. The Labute approximate surface area is 93.9 Å². The molecule has 0 aliphatic heterocycles. The first kappa shape index (κ1) is 12.1. The number of carbonyl (C=O) groups excluding carboxylic acids is 1. The van der Waals surface area contributed by atoms with Crippen molar-refractivity contribution >= 4 is 16.1 Å². The molecular weight excluding hydrogens is 228 g/mol. The summed E-state index contributed by atoms with van der Waals surface area (Å²) < 4.78 is 25.0. The van der Waals surface area contributed by atoms with Crippen LogP contribution in [0.15, 0.2) is 35.2 Å². The van der Waals surface area contributed by atoms with Gasteiger partial charge in [-0.2, -0.15) is 0 Å². The first-order chi connectivity index (χ1) is 7.56. The van der Waals surface area contributed by atoms with Gasteiger partial charge in [-0.25, -0.2) is 17.9 Å². The molecule has 0 saturated carbocycles. The van der Waals surface area contributed by atoms with Gasteiger partial charge in [0.2, 0.25) is 0 Å². The van der Waals surface area contributed by atoms with Crippen LogP contribution >= 0.6 is 0 Å². The van der Waals surface area contributed by atoms with Gasteiger partial charge in [0.15, 0.2) is 0 Å². The van der Waals surface area contributed by atoms with Gasteiger partial charge in [0, 0.05) is 0 Å². The van der Waals surface area contributed by atoms with E-state index in [1.54, 1.807) is 18.2 Å². The number of hydrogen-bond acceptors (Lipinski definition) is 3. The van der Waals surface area contributed by atoms with Gasteiger partial charge in [0.25, 0.3) is 10.0 Å². The van der Waals surface area contributed by atoms with Gasteiger partial charge in [0.05, 0.1) is 11.4 Å². The largest absolute Gasteiger partial charge is 0.329 e. The van der Waals surface area contributed by atoms with Crippen LogP contribution < -0.4 is 10.0 Å². The van der Waals surface area contributed by atoms with Crippen LogP contribution in [0, 0.1) is 12.3 Å². The van der Waals surface area contributed by atoms with Crippen LogP contribution in [0.4, 0.5) is 4.79 Å². The minimum atomic E-state index is -3.82. The minimum Gasteiger partial charge on any atom is -0.326 e. The van der Waals surface area contributed by atoms with E-state index in [1.807, 2.05) is 4.72 Å². The minimum absolute atomic E-state index is 0.0193. The number of nitrogens with one attached hydrogen (secondary N) is 2. The zero-order valence-corrected chi connectivity index (χ0v) is 9.12. The predicted octanol–water partition coefficient (Wildman–Crippen LogP) is 0.308. The lowest BCUT2D eigenvalue weighted by Crippen LogP contribution is -2.39. The van der Waals surface area contributed by atoms with Crippen LogP contribution in [0.1, 0.15) is 0 Å². The third kappa shape index (κ3) is 3.29. The van der Waals surface area contributed by atoms with E-state index in [0.29, 0.717) is 0 Å². The number of rotatable bonds is 3. The maximum absolute atomic E-state index is 11.6. The Balaban J connectivity index is 2.74. The summed E-state index contributed by atoms with van der Waals surface area (Å²) in [5, 5.41) is 2.19. The van der Waals surface area contributed by atoms with Crippen molar-refractivity contribution in [3.05, 3.63) is 30.3 Å². The van der Waals surface area contributed by atoms with Crippen molar-refractivity contribution in [2.75, 3.05) is 6.54 Å². The maximum Gasteiger partial charge on any atom is 0.329 e. The molecule has 0 radical (unpaired) electrons. The molecule has 0 bridgehead atoms. The van der Waals surface area contributed by atoms with Gasteiger partial charge in [0.1, 0.15) is 0 Å². The van der Waals surface area contributed by atoms with Crippen molar-refractivity contribution in [3.63, 3.8) is 0 Å². The third-order valence-corrected chi connectivity index (χ3v) is 2.98. The normalized spacial score (nSPS) is 10.2. The first-order valence-corrected chi connectivity index (χ1v) is 5.84. The zero-order chi connectivity index (χ0) is 12.0. The quantitative estimate of drug-likeness (QED) is 0.744. The molecule has 0 aromatic heterocycles. The molecule has 2 N–H and O–H groups in total. The lowest BCUT2D eigenvalue weighted by atomic mass is 10.4. The first-order valence-electron chi connectivity index (χ1n) is 4.35. The van der Waals surface area contributed by atoms with Gasteiger partial charge in [-0.3, -0.25) is 0 Å². The molecular formula is C10H10N2O3S. The van der Waals surface area contributed by atoms with E-state index >= 15 is 0 Å². The highest BCUT2D eigenvalue weighted by Gasteiger charge is 2.16. The summed E-state index contributed by atoms with van der Waals surface area (Å²) in [6.07, 6.45) is 4.91. The SMILES string of the molecule is C#CCNC(=O)NS(=O)(=O)c1ccccc1. The fraction of sp³-hybridized carbons (Fsp3) is 0.100. The summed E-state index contributed by atoms with van der Waals surface area (Å²) in [7, 11) is -3.82. The summed E-state index contributed by atoms with van der Waals surface area (Å²) in [5.74, 6) is 2.16. The lowest BCUT2D eigenvalue weighted by Gasteiger charge is -2.06. The van der Waals surface area contributed by atoms with E-state index in [0.717, 1.165) is 0 Å². The average molecular weight is 238 g/mol. The number of urea groups is 1. The van der Waals surface area contributed by atoms with Crippen LogP contribution in [0.25, 0.3) is 0 Å². The van der Waals surface area contributed by atoms with Gasteiger partial charge in [-0.05, 0) is 12.1 Å². The monoisotopic (exact) mass is 238 g/mol. The molecule has 0 spiro atoms. The van der Waals surface area contributed by atoms with E-state index in [1.165, 1.54) is 12.1 Å². The van der Waals surface area contributed by atoms with E-state index in [-0.39, 0.29) is 11.4 Å². The molecule has 5 nitrogen and oxygen atoms in total. The van der Waals surface area contributed by atoms with Crippen LogP contribution in [0.3, 0.4) is 0 Å². The van der Waals surface area contributed by atoms with Crippen molar-refractivity contribution in [2.24, 2.45) is 0 Å². The summed E-state index contributed by atoms with van der Waals surface area (Å²) >= 11 is 0. The topological polar surface area (TPSA) is 75.3 Å². The Hall–Kier alpha value is -2.00. The van der Waals surface area contributed by atoms with Crippen molar-refractivity contribution in [1.82, 2.24) is 10.0 Å². The van der Waals surface area contributed by atoms with Gasteiger partial charge >= 0.3 is 6.03 Å². The Bertz CT molecular complexity index is 503. The Kier molecular flexibility index (Phi) is 3.91. The zero-order valence-electron chi connectivity index (χ0n) is 8.30. The number of carbonyl (C=O) groups is 1. The number of benzene rings is 1. The second kappa shape index (κ2) is 5.19. The summed E-state index contributed by atoms with van der Waals surface area (Å²) in [6, 6.07) is 6.73. The van der Waals surface area contributed by atoms with Crippen molar-refractivity contribution in [3.8, 4) is 12.3 Å². The molecule has 0 heterocycles. The number of sulfonamides is 1. The maximum atomic E-state index is 11.6. The highest BCUT2D eigenvalue weighted by atomic mass is 32.2. The highest BCUT2D eigenvalue weighted by Crippen LogP contribution is 2.06. The summed E-state index contributed by atoms with van der Waals surface area (Å²) in [6.45, 7) is -0.0316. The Morgan fingerprint density at radius 3 is 2.50 bits per heavy atom. The van der Waals surface area contributed by atoms with Crippen LogP contribution in [-0.4, -0.2) is 21.0 Å². The summed E-state index contributed by atoms with van der Waals surface area (Å²) in [4.78, 5) is 11.1. The molecule has 1 aromatic rings. The van der Waals surface area contributed by atoms with Gasteiger partial charge in [-0.1, -0.05) is 24.1 Å². The van der Waals surface area contributed by atoms with E-state index in [9.17, 15) is 13.2 Å². The molecule has 0 unspecified atom stereocenters. The second-order valence-corrected chi connectivity index (χ2v) is 4.49. The third-order valence-electron chi connectivity index (χ3n) is 1.63. The molecule has 2 amide bonds. The Morgan fingerprint density at radius 2 is 1.94 bits per heavy atom. The molecule has 1 rings (SSSR count). The standard InChI is InChI=1S/C10H10N2O3S/c1-2-8-11-10(13)12-16(14,15)9-6-4-3-5-7-9/h1,3-7H,8H2,(H2,11,12,13). The molecule has 1 aromatic carbocycles. The van der Waals surface area contributed by atoms with E-state index < -0.39 is 16.1 Å². The average Bonchev–Trinajstić information content (AvgIpc) is 2.27. The fourth-order valence-electron chi connectivity index (χ4n) is 0.948. The van der Waals surface area contributed by atoms with Crippen LogP contribution in [-0.2, 0) is 10.0 Å². The molecule has 0 aliphatic rings. The fourth-order valence-corrected chi connectivity index (χ4v) is 1.90. The van der Waals surface area contributed by atoms with Crippen molar-refractivity contribution < 1.29 is 13.2 Å². The van der Waals surface area contributed by atoms with Gasteiger partial charge < -0.3 is 5.32 Å². The molecule has 6 heteroatoms. The molecule has 16 heavy (non-hydrogen) atoms. The van der Waals surface area contributed by atoms with E-state index in [4.69, 9.17) is 6.42 Å². The van der Waals surface area contributed by atoms with Crippen LogP contribution in [0.5, 0.6) is 0 Å².